The predicted molar refractivity (Wildman–Crippen MR) is 233 cm³/mol. The van der Waals surface area contributed by atoms with Crippen LogP contribution in [0.15, 0.2) is 194 Å². The molecule has 2 aliphatic carbocycles. The summed E-state index contributed by atoms with van der Waals surface area (Å²) in [6.45, 7) is 0. The van der Waals surface area contributed by atoms with Gasteiger partial charge in [-0.2, -0.15) is 0 Å². The molecule has 2 aromatic heterocycles. The van der Waals surface area contributed by atoms with Crippen molar-refractivity contribution >= 4 is 31.5 Å². The lowest BCUT2D eigenvalue weighted by atomic mass is 9.70. The molecule has 10 aromatic rings. The van der Waals surface area contributed by atoms with E-state index in [1.807, 2.05) is 23.5 Å². The Morgan fingerprint density at radius 3 is 1.55 bits per heavy atom. The molecule has 0 saturated carbocycles. The molecule has 0 aliphatic heterocycles. The molecule has 2 heterocycles. The van der Waals surface area contributed by atoms with Gasteiger partial charge < -0.3 is 0 Å². The molecular formula is C53H32N2S. The van der Waals surface area contributed by atoms with Crippen LogP contribution in [0.2, 0.25) is 0 Å². The molecular weight excluding hydrogens is 697 g/mol. The number of aromatic nitrogens is 2. The summed E-state index contributed by atoms with van der Waals surface area (Å²) in [4.78, 5) is 10.4. The van der Waals surface area contributed by atoms with E-state index in [0.29, 0.717) is 0 Å². The van der Waals surface area contributed by atoms with E-state index >= 15 is 0 Å². The first kappa shape index (κ1) is 31.4. The smallest absolute Gasteiger partial charge is 0.160 e. The van der Waals surface area contributed by atoms with E-state index in [9.17, 15) is 0 Å². The molecule has 12 rings (SSSR count). The van der Waals surface area contributed by atoms with Crippen molar-refractivity contribution < 1.29 is 0 Å². The zero-order valence-electron chi connectivity index (χ0n) is 30.3. The lowest BCUT2D eigenvalue weighted by molar-refractivity contribution is 0.794. The first-order valence-electron chi connectivity index (χ1n) is 19.2. The summed E-state index contributed by atoms with van der Waals surface area (Å²) in [5.74, 6) is 0.723. The molecule has 0 N–H and O–H groups in total. The van der Waals surface area contributed by atoms with Crippen LogP contribution in [-0.2, 0) is 5.41 Å². The van der Waals surface area contributed by atoms with Gasteiger partial charge in [-0.1, -0.05) is 176 Å². The Morgan fingerprint density at radius 1 is 0.357 bits per heavy atom. The van der Waals surface area contributed by atoms with Crippen molar-refractivity contribution in [2.45, 2.75) is 5.41 Å². The van der Waals surface area contributed by atoms with E-state index < -0.39 is 5.41 Å². The molecule has 0 saturated heterocycles. The Kier molecular flexibility index (Phi) is 6.75. The Hall–Kier alpha value is -6.94. The summed E-state index contributed by atoms with van der Waals surface area (Å²) in [6, 6.07) is 70.7. The van der Waals surface area contributed by atoms with Crippen molar-refractivity contribution in [3.8, 4) is 67.3 Å². The molecule has 0 amide bonds. The van der Waals surface area contributed by atoms with Crippen molar-refractivity contribution in [2.75, 3.05) is 0 Å². The second-order valence-electron chi connectivity index (χ2n) is 14.8. The standard InChI is InChI=1S/C53H32N2S/c1-3-15-33(16-4-1)47-32-48(55-52(54-47)34-17-5-2-6-18-34)41-30-29-36(50-42-22-10-14-26-49(42)56-51(41)50)35-27-28-40-39-21-9-13-25-45(39)53(46(40)31-35)43-23-11-7-19-37(43)38-20-8-12-24-44(38)53/h1-32H. The van der Waals surface area contributed by atoms with Gasteiger partial charge in [0.05, 0.1) is 16.8 Å². The number of nitrogens with zero attached hydrogens (tertiary/aromatic N) is 2. The first-order valence-corrected chi connectivity index (χ1v) is 20.0. The van der Waals surface area contributed by atoms with Gasteiger partial charge in [0, 0.05) is 36.9 Å². The van der Waals surface area contributed by atoms with Crippen molar-refractivity contribution in [1.82, 2.24) is 9.97 Å². The fourth-order valence-corrected chi connectivity index (χ4v) is 10.8. The molecule has 56 heavy (non-hydrogen) atoms. The molecule has 260 valence electrons. The Bertz CT molecular complexity index is 3080. The molecule has 1 spiro atoms. The van der Waals surface area contributed by atoms with Gasteiger partial charge in [-0.25, -0.2) is 9.97 Å². The van der Waals surface area contributed by atoms with Crippen LogP contribution in [0.25, 0.3) is 87.5 Å². The third kappa shape index (κ3) is 4.38. The van der Waals surface area contributed by atoms with E-state index in [2.05, 4.69) is 182 Å². The minimum Gasteiger partial charge on any atom is -0.228 e. The minimum absolute atomic E-state index is 0.395. The Balaban J connectivity index is 1.11. The van der Waals surface area contributed by atoms with Gasteiger partial charge in [0.15, 0.2) is 5.82 Å². The summed E-state index contributed by atoms with van der Waals surface area (Å²) >= 11 is 1.85. The quantitative estimate of drug-likeness (QED) is 0.180. The summed E-state index contributed by atoms with van der Waals surface area (Å²) in [7, 11) is 0. The predicted octanol–water partition coefficient (Wildman–Crippen LogP) is 13.9. The van der Waals surface area contributed by atoms with Gasteiger partial charge >= 0.3 is 0 Å². The lowest BCUT2D eigenvalue weighted by Gasteiger charge is -2.30. The SMILES string of the molecule is c1ccc(-c2cc(-c3ccc(-c4ccc5c(c4)C4(c6ccccc6-c6ccccc64)c4ccccc4-5)c4c3sc3ccccc34)nc(-c3ccccc3)n2)cc1. The zero-order valence-corrected chi connectivity index (χ0v) is 31.1. The highest BCUT2D eigenvalue weighted by Crippen LogP contribution is 2.63. The van der Waals surface area contributed by atoms with Crippen LogP contribution in [0, 0.1) is 0 Å². The van der Waals surface area contributed by atoms with Crippen LogP contribution < -0.4 is 0 Å². The number of fused-ring (bicyclic) bond motifs is 13. The van der Waals surface area contributed by atoms with E-state index in [0.717, 1.165) is 33.9 Å². The molecule has 0 bridgehead atoms. The summed E-state index contributed by atoms with van der Waals surface area (Å²) < 4.78 is 2.50. The minimum atomic E-state index is -0.395. The highest BCUT2D eigenvalue weighted by Gasteiger charge is 2.51. The maximum atomic E-state index is 5.28. The Labute approximate surface area is 329 Å². The third-order valence-electron chi connectivity index (χ3n) is 11.9. The van der Waals surface area contributed by atoms with Crippen molar-refractivity contribution in [2.24, 2.45) is 0 Å². The molecule has 0 fully saturated rings. The van der Waals surface area contributed by atoms with Crippen LogP contribution in [0.4, 0.5) is 0 Å². The number of hydrogen-bond donors (Lipinski definition) is 0. The Morgan fingerprint density at radius 2 is 0.875 bits per heavy atom. The van der Waals surface area contributed by atoms with Crippen LogP contribution in [0.3, 0.4) is 0 Å². The second-order valence-corrected chi connectivity index (χ2v) is 15.9. The first-order chi connectivity index (χ1) is 27.8. The van der Waals surface area contributed by atoms with Crippen molar-refractivity contribution in [1.29, 1.82) is 0 Å². The summed E-state index contributed by atoms with van der Waals surface area (Å²) in [6.07, 6.45) is 0. The van der Waals surface area contributed by atoms with Gasteiger partial charge in [0.1, 0.15) is 0 Å². The average Bonchev–Trinajstić information content (AvgIpc) is 3.91. The van der Waals surface area contributed by atoms with Gasteiger partial charge in [-0.15, -0.1) is 11.3 Å². The monoisotopic (exact) mass is 728 g/mol. The number of rotatable bonds is 4. The highest BCUT2D eigenvalue weighted by molar-refractivity contribution is 7.26. The maximum absolute atomic E-state index is 5.28. The van der Waals surface area contributed by atoms with Crippen LogP contribution in [0.1, 0.15) is 22.3 Å². The van der Waals surface area contributed by atoms with Crippen molar-refractivity contribution in [3.63, 3.8) is 0 Å². The molecule has 0 radical (unpaired) electrons. The van der Waals surface area contributed by atoms with Gasteiger partial charge in [-0.05, 0) is 73.8 Å². The molecule has 2 aliphatic rings. The largest absolute Gasteiger partial charge is 0.228 e. The summed E-state index contributed by atoms with van der Waals surface area (Å²) in [5, 5.41) is 2.53. The number of benzene rings is 8. The number of thiophene rings is 1. The average molecular weight is 729 g/mol. The van der Waals surface area contributed by atoms with E-state index in [1.165, 1.54) is 75.8 Å². The fourth-order valence-electron chi connectivity index (χ4n) is 9.59. The molecule has 0 atom stereocenters. The normalized spacial score (nSPS) is 13.1. The van der Waals surface area contributed by atoms with E-state index in [4.69, 9.17) is 9.97 Å². The maximum Gasteiger partial charge on any atom is 0.160 e. The molecule has 0 unspecified atom stereocenters. The molecule has 8 aromatic carbocycles. The van der Waals surface area contributed by atoms with Gasteiger partial charge in [0.25, 0.3) is 0 Å². The zero-order chi connectivity index (χ0) is 36.8. The van der Waals surface area contributed by atoms with Gasteiger partial charge in [0.2, 0.25) is 0 Å². The molecule has 2 nitrogen and oxygen atoms in total. The molecule has 3 heteroatoms. The highest BCUT2D eigenvalue weighted by atomic mass is 32.1. The van der Waals surface area contributed by atoms with Crippen molar-refractivity contribution in [3.05, 3.63) is 216 Å². The van der Waals surface area contributed by atoms with Crippen LogP contribution in [0.5, 0.6) is 0 Å². The van der Waals surface area contributed by atoms with E-state index in [-0.39, 0.29) is 0 Å². The second kappa shape index (κ2) is 12.0. The van der Waals surface area contributed by atoms with E-state index in [1.54, 1.807) is 0 Å². The topological polar surface area (TPSA) is 25.8 Å². The third-order valence-corrected chi connectivity index (χ3v) is 13.1. The van der Waals surface area contributed by atoms with Crippen LogP contribution >= 0.6 is 11.3 Å². The fraction of sp³-hybridized carbons (Fsp3) is 0.0189. The summed E-state index contributed by atoms with van der Waals surface area (Å²) in [5.41, 5.74) is 17.8. The van der Waals surface area contributed by atoms with Gasteiger partial charge in [-0.3, -0.25) is 0 Å². The van der Waals surface area contributed by atoms with Crippen LogP contribution in [-0.4, -0.2) is 9.97 Å². The lowest BCUT2D eigenvalue weighted by Crippen LogP contribution is -2.25. The number of hydrogen-bond acceptors (Lipinski definition) is 3.